The second-order valence-corrected chi connectivity index (χ2v) is 3.82. The molecule has 1 rings (SSSR count). The van der Waals surface area contributed by atoms with Crippen molar-refractivity contribution in [1.82, 2.24) is 4.98 Å². The van der Waals surface area contributed by atoms with E-state index in [0.29, 0.717) is 10.6 Å². The Morgan fingerprint density at radius 2 is 2.14 bits per heavy atom. The third-order valence-electron chi connectivity index (χ3n) is 1.64. The standard InChI is InChI=1S/C7H9F3N2OS/c1-3-4(2-11)14-6(12-3)5(13)7(8,9)10/h5,13H,2,11H2,1H3. The molecule has 7 heteroatoms. The second kappa shape index (κ2) is 3.84. The van der Waals surface area contributed by atoms with Crippen molar-refractivity contribution in [2.75, 3.05) is 0 Å². The lowest BCUT2D eigenvalue weighted by molar-refractivity contribution is -0.206. The summed E-state index contributed by atoms with van der Waals surface area (Å²) < 4.78 is 36.2. The Morgan fingerprint density at radius 1 is 1.57 bits per heavy atom. The lowest BCUT2D eigenvalue weighted by Gasteiger charge is -2.10. The molecule has 0 aliphatic heterocycles. The molecule has 1 unspecified atom stereocenters. The summed E-state index contributed by atoms with van der Waals surface area (Å²) in [5, 5.41) is 8.52. The first kappa shape index (κ1) is 11.4. The summed E-state index contributed by atoms with van der Waals surface area (Å²) >= 11 is 0.788. The van der Waals surface area contributed by atoms with Gasteiger partial charge in [0.2, 0.25) is 6.10 Å². The molecule has 1 atom stereocenters. The highest BCUT2D eigenvalue weighted by Crippen LogP contribution is 2.35. The lowest BCUT2D eigenvalue weighted by atomic mass is 10.3. The van der Waals surface area contributed by atoms with Crippen molar-refractivity contribution in [2.24, 2.45) is 5.73 Å². The summed E-state index contributed by atoms with van der Waals surface area (Å²) in [6.45, 7) is 1.69. The fourth-order valence-electron chi connectivity index (χ4n) is 0.897. The first-order valence-electron chi connectivity index (χ1n) is 3.77. The number of thiazole rings is 1. The van der Waals surface area contributed by atoms with Crippen molar-refractivity contribution < 1.29 is 18.3 Å². The molecule has 0 amide bonds. The van der Waals surface area contributed by atoms with E-state index in [2.05, 4.69) is 4.98 Å². The maximum Gasteiger partial charge on any atom is 0.420 e. The third-order valence-corrected chi connectivity index (χ3v) is 2.87. The Bertz CT molecular complexity index is 323. The molecule has 1 aromatic rings. The van der Waals surface area contributed by atoms with E-state index in [4.69, 9.17) is 10.8 Å². The van der Waals surface area contributed by atoms with E-state index in [9.17, 15) is 13.2 Å². The van der Waals surface area contributed by atoms with Crippen molar-refractivity contribution in [3.05, 3.63) is 15.6 Å². The van der Waals surface area contributed by atoms with E-state index < -0.39 is 12.3 Å². The Labute approximate surface area is 82.4 Å². The van der Waals surface area contributed by atoms with Gasteiger partial charge in [-0.15, -0.1) is 11.3 Å². The van der Waals surface area contributed by atoms with Crippen LogP contribution in [0, 0.1) is 6.92 Å². The molecule has 0 radical (unpaired) electrons. The van der Waals surface area contributed by atoms with Crippen LogP contribution in [-0.4, -0.2) is 16.3 Å². The first-order valence-corrected chi connectivity index (χ1v) is 4.59. The Hall–Kier alpha value is -0.660. The maximum atomic E-state index is 12.1. The summed E-state index contributed by atoms with van der Waals surface area (Å²) in [4.78, 5) is 4.17. The fraction of sp³-hybridized carbons (Fsp3) is 0.571. The molecule has 0 spiro atoms. The molecule has 0 fully saturated rings. The molecule has 3 nitrogen and oxygen atoms in total. The zero-order chi connectivity index (χ0) is 10.9. The number of halogens is 3. The average molecular weight is 226 g/mol. The van der Waals surface area contributed by atoms with Gasteiger partial charge < -0.3 is 10.8 Å². The molecule has 1 aromatic heterocycles. The minimum Gasteiger partial charge on any atom is -0.377 e. The average Bonchev–Trinajstić information content (AvgIpc) is 2.43. The summed E-state index contributed by atoms with van der Waals surface area (Å²) in [6, 6.07) is 0. The summed E-state index contributed by atoms with van der Waals surface area (Å²) in [7, 11) is 0. The van der Waals surface area contributed by atoms with Gasteiger partial charge >= 0.3 is 6.18 Å². The van der Waals surface area contributed by atoms with Gasteiger partial charge in [0.25, 0.3) is 0 Å². The topological polar surface area (TPSA) is 59.1 Å². The van der Waals surface area contributed by atoms with Crippen LogP contribution in [-0.2, 0) is 6.54 Å². The number of hydrogen-bond acceptors (Lipinski definition) is 4. The largest absolute Gasteiger partial charge is 0.420 e. The van der Waals surface area contributed by atoms with E-state index >= 15 is 0 Å². The van der Waals surface area contributed by atoms with Gasteiger partial charge in [-0.3, -0.25) is 0 Å². The first-order chi connectivity index (χ1) is 6.36. The van der Waals surface area contributed by atoms with Crippen LogP contribution in [0.25, 0.3) is 0 Å². The molecule has 3 N–H and O–H groups in total. The van der Waals surface area contributed by atoms with E-state index in [1.807, 2.05) is 0 Å². The lowest BCUT2D eigenvalue weighted by Crippen LogP contribution is -2.19. The number of nitrogens with zero attached hydrogens (tertiary/aromatic N) is 1. The van der Waals surface area contributed by atoms with E-state index in [1.165, 1.54) is 0 Å². The zero-order valence-corrected chi connectivity index (χ0v) is 8.11. The number of rotatable bonds is 2. The minimum absolute atomic E-state index is 0.133. The minimum atomic E-state index is -4.67. The van der Waals surface area contributed by atoms with Crippen LogP contribution in [0.5, 0.6) is 0 Å². The highest BCUT2D eigenvalue weighted by Gasteiger charge is 2.41. The van der Waals surface area contributed by atoms with Crippen LogP contribution in [0.1, 0.15) is 21.7 Å². The summed E-state index contributed by atoms with van der Waals surface area (Å²) in [6.07, 6.45) is -7.18. The number of aromatic nitrogens is 1. The third kappa shape index (κ3) is 2.23. The fourth-order valence-corrected chi connectivity index (χ4v) is 1.85. The molecular weight excluding hydrogens is 217 g/mol. The van der Waals surface area contributed by atoms with Crippen LogP contribution in [0.4, 0.5) is 13.2 Å². The molecule has 0 saturated carbocycles. The number of aliphatic hydroxyl groups excluding tert-OH is 1. The molecular formula is C7H9F3N2OS. The summed E-state index contributed by atoms with van der Waals surface area (Å²) in [5.74, 6) is 0. The quantitative estimate of drug-likeness (QED) is 0.803. The molecule has 0 aliphatic carbocycles. The summed E-state index contributed by atoms with van der Waals surface area (Å²) in [5.41, 5.74) is 5.72. The van der Waals surface area contributed by atoms with Gasteiger partial charge in [-0.2, -0.15) is 13.2 Å². The SMILES string of the molecule is Cc1nc(C(O)C(F)(F)F)sc1CN. The molecule has 0 aromatic carbocycles. The number of nitrogens with two attached hydrogens (primary N) is 1. The van der Waals surface area contributed by atoms with Crippen LogP contribution in [0.15, 0.2) is 0 Å². The van der Waals surface area contributed by atoms with E-state index in [1.54, 1.807) is 6.92 Å². The van der Waals surface area contributed by atoms with Crippen molar-refractivity contribution in [1.29, 1.82) is 0 Å². The molecule has 0 aliphatic rings. The molecule has 14 heavy (non-hydrogen) atoms. The Morgan fingerprint density at radius 3 is 2.50 bits per heavy atom. The van der Waals surface area contributed by atoms with Crippen LogP contribution in [0.2, 0.25) is 0 Å². The van der Waals surface area contributed by atoms with Crippen molar-refractivity contribution in [3.8, 4) is 0 Å². The van der Waals surface area contributed by atoms with Gasteiger partial charge in [0, 0.05) is 11.4 Å². The number of hydrogen-bond donors (Lipinski definition) is 2. The maximum absolute atomic E-state index is 12.1. The van der Waals surface area contributed by atoms with Gasteiger partial charge in [-0.05, 0) is 6.92 Å². The highest BCUT2D eigenvalue weighted by atomic mass is 32.1. The van der Waals surface area contributed by atoms with Gasteiger partial charge in [-0.25, -0.2) is 4.98 Å². The number of aliphatic hydroxyl groups is 1. The van der Waals surface area contributed by atoms with Crippen LogP contribution in [0.3, 0.4) is 0 Å². The Kier molecular flexibility index (Phi) is 3.13. The highest BCUT2D eigenvalue weighted by molar-refractivity contribution is 7.11. The van der Waals surface area contributed by atoms with Crippen LogP contribution < -0.4 is 5.73 Å². The van der Waals surface area contributed by atoms with Gasteiger partial charge in [-0.1, -0.05) is 0 Å². The normalized spacial score (nSPS) is 14.4. The van der Waals surface area contributed by atoms with Gasteiger partial charge in [0.05, 0.1) is 5.69 Å². The molecule has 0 saturated heterocycles. The molecule has 0 bridgehead atoms. The Balaban J connectivity index is 2.97. The van der Waals surface area contributed by atoms with Crippen molar-refractivity contribution in [3.63, 3.8) is 0 Å². The zero-order valence-electron chi connectivity index (χ0n) is 7.30. The smallest absolute Gasteiger partial charge is 0.377 e. The van der Waals surface area contributed by atoms with Crippen molar-refractivity contribution >= 4 is 11.3 Å². The van der Waals surface area contributed by atoms with Crippen LogP contribution >= 0.6 is 11.3 Å². The van der Waals surface area contributed by atoms with E-state index in [0.717, 1.165) is 11.3 Å². The van der Waals surface area contributed by atoms with E-state index in [-0.39, 0.29) is 11.6 Å². The number of aryl methyl sites for hydroxylation is 1. The predicted molar refractivity (Wildman–Crippen MR) is 45.8 cm³/mol. The predicted octanol–water partition coefficient (Wildman–Crippen LogP) is 1.51. The molecule has 80 valence electrons. The van der Waals surface area contributed by atoms with Crippen molar-refractivity contribution in [2.45, 2.75) is 25.7 Å². The van der Waals surface area contributed by atoms with Gasteiger partial charge in [0.1, 0.15) is 5.01 Å². The monoisotopic (exact) mass is 226 g/mol. The molecule has 1 heterocycles. The second-order valence-electron chi connectivity index (χ2n) is 2.71. The number of alkyl halides is 3. The van der Waals surface area contributed by atoms with Gasteiger partial charge in [0.15, 0.2) is 0 Å².